The number of thiophene rings is 1. The molecule has 0 bridgehead atoms. The van der Waals surface area contributed by atoms with Crippen LogP contribution in [0.3, 0.4) is 0 Å². The van der Waals surface area contributed by atoms with Crippen LogP contribution in [0.4, 0.5) is 5.82 Å². The highest BCUT2D eigenvalue weighted by molar-refractivity contribution is 7.19. The Morgan fingerprint density at radius 3 is 2.96 bits per heavy atom. The van der Waals surface area contributed by atoms with Gasteiger partial charge in [-0.3, -0.25) is 0 Å². The summed E-state index contributed by atoms with van der Waals surface area (Å²) in [5, 5.41) is 16.6. The minimum absolute atomic E-state index is 0.187. The molecule has 0 radical (unpaired) electrons. The molecule has 0 saturated heterocycles. The quantitative estimate of drug-likeness (QED) is 0.600. The molecular formula is C18H18N6OS. The zero-order valence-electron chi connectivity index (χ0n) is 14.6. The van der Waals surface area contributed by atoms with Crippen LogP contribution in [0.5, 0.6) is 0 Å². The number of nitrogens with one attached hydrogen (secondary N) is 1. The average Bonchev–Trinajstić information content (AvgIpc) is 3.23. The highest BCUT2D eigenvalue weighted by Gasteiger charge is 2.31. The van der Waals surface area contributed by atoms with E-state index in [1.54, 1.807) is 15.9 Å². The predicted octanol–water partition coefficient (Wildman–Crippen LogP) is 3.20. The van der Waals surface area contributed by atoms with E-state index >= 15 is 0 Å². The minimum atomic E-state index is -0.187. The molecule has 4 heterocycles. The smallest absolute Gasteiger partial charge is 0.276 e. The van der Waals surface area contributed by atoms with Gasteiger partial charge in [-0.05, 0) is 35.4 Å². The number of tetrazole rings is 1. The highest BCUT2D eigenvalue weighted by Crippen LogP contribution is 2.41. The Labute approximate surface area is 154 Å². The molecular weight excluding hydrogens is 348 g/mol. The molecule has 0 unspecified atom stereocenters. The number of nitrogens with zero attached hydrogens (tertiary/aromatic N) is 5. The summed E-state index contributed by atoms with van der Waals surface area (Å²) in [4.78, 5) is 6.93. The van der Waals surface area contributed by atoms with Gasteiger partial charge < -0.3 is 10.1 Å². The molecule has 7 nitrogen and oxygen atoms in total. The number of benzene rings is 1. The normalized spacial score (nSPS) is 16.1. The van der Waals surface area contributed by atoms with E-state index in [0.717, 1.165) is 22.5 Å². The van der Waals surface area contributed by atoms with E-state index in [1.165, 1.54) is 16.0 Å². The van der Waals surface area contributed by atoms with Crippen molar-refractivity contribution in [3.8, 4) is 0 Å². The molecule has 5 rings (SSSR count). The van der Waals surface area contributed by atoms with Gasteiger partial charge in [0.25, 0.3) is 5.78 Å². The lowest BCUT2D eigenvalue weighted by Gasteiger charge is -2.30. The lowest BCUT2D eigenvalue weighted by molar-refractivity contribution is -0.0379. The summed E-state index contributed by atoms with van der Waals surface area (Å²) in [6.45, 7) is 5.56. The first kappa shape index (κ1) is 15.7. The Kier molecular flexibility index (Phi) is 3.44. The fraction of sp³-hybridized carbons (Fsp3) is 0.333. The SMILES string of the molecule is CC1(C)Cc2c(sc3c2c(NCc2ccccc2)nc2nnnn23)CO1. The van der Waals surface area contributed by atoms with Crippen LogP contribution in [-0.2, 0) is 24.3 Å². The average molecular weight is 366 g/mol. The molecule has 0 saturated carbocycles. The first-order valence-electron chi connectivity index (χ1n) is 8.55. The van der Waals surface area contributed by atoms with Crippen LogP contribution in [0.25, 0.3) is 16.0 Å². The first-order valence-corrected chi connectivity index (χ1v) is 9.36. The monoisotopic (exact) mass is 366 g/mol. The first-order chi connectivity index (χ1) is 12.6. The maximum Gasteiger partial charge on any atom is 0.276 e. The molecule has 26 heavy (non-hydrogen) atoms. The Hall–Kier alpha value is -2.58. The van der Waals surface area contributed by atoms with Gasteiger partial charge in [0.15, 0.2) is 0 Å². The van der Waals surface area contributed by atoms with E-state index in [2.05, 4.69) is 51.8 Å². The topological polar surface area (TPSA) is 77.2 Å². The highest BCUT2D eigenvalue weighted by atomic mass is 32.1. The van der Waals surface area contributed by atoms with E-state index in [1.807, 2.05) is 18.2 Å². The second-order valence-electron chi connectivity index (χ2n) is 7.10. The summed E-state index contributed by atoms with van der Waals surface area (Å²) in [7, 11) is 0. The van der Waals surface area contributed by atoms with Gasteiger partial charge in [0.2, 0.25) is 0 Å². The number of aromatic nitrogens is 5. The summed E-state index contributed by atoms with van der Waals surface area (Å²) < 4.78 is 7.71. The molecule has 0 amide bonds. The van der Waals surface area contributed by atoms with Crippen LogP contribution < -0.4 is 5.32 Å². The number of hydrogen-bond donors (Lipinski definition) is 1. The van der Waals surface area contributed by atoms with Gasteiger partial charge >= 0.3 is 0 Å². The van der Waals surface area contributed by atoms with E-state index in [4.69, 9.17) is 4.74 Å². The van der Waals surface area contributed by atoms with Gasteiger partial charge in [-0.1, -0.05) is 35.4 Å². The third kappa shape index (κ3) is 2.53. The van der Waals surface area contributed by atoms with Crippen molar-refractivity contribution in [2.75, 3.05) is 5.32 Å². The van der Waals surface area contributed by atoms with Crippen molar-refractivity contribution < 1.29 is 4.74 Å². The summed E-state index contributed by atoms with van der Waals surface area (Å²) in [6, 6.07) is 10.3. The maximum absolute atomic E-state index is 5.99. The molecule has 1 aliphatic heterocycles. The van der Waals surface area contributed by atoms with Crippen LogP contribution >= 0.6 is 11.3 Å². The van der Waals surface area contributed by atoms with Crippen molar-refractivity contribution in [3.63, 3.8) is 0 Å². The van der Waals surface area contributed by atoms with E-state index in [9.17, 15) is 0 Å². The number of anilines is 1. The Morgan fingerprint density at radius 2 is 2.12 bits per heavy atom. The fourth-order valence-corrected chi connectivity index (χ4v) is 4.56. The van der Waals surface area contributed by atoms with Gasteiger partial charge in [-0.25, -0.2) is 0 Å². The lowest BCUT2D eigenvalue weighted by atomic mass is 9.94. The molecule has 0 aliphatic carbocycles. The van der Waals surface area contributed by atoms with Crippen LogP contribution in [0.2, 0.25) is 0 Å². The van der Waals surface area contributed by atoms with Gasteiger partial charge in [0.1, 0.15) is 10.6 Å². The lowest BCUT2D eigenvalue weighted by Crippen LogP contribution is -2.31. The minimum Gasteiger partial charge on any atom is -0.370 e. The van der Waals surface area contributed by atoms with Crippen LogP contribution in [0, 0.1) is 0 Å². The van der Waals surface area contributed by atoms with Crippen LogP contribution in [0.1, 0.15) is 29.9 Å². The number of rotatable bonds is 3. The molecule has 0 atom stereocenters. The second-order valence-corrected chi connectivity index (χ2v) is 8.18. The van der Waals surface area contributed by atoms with E-state index in [0.29, 0.717) is 18.9 Å². The van der Waals surface area contributed by atoms with Crippen molar-refractivity contribution in [1.29, 1.82) is 0 Å². The molecule has 132 valence electrons. The molecule has 8 heteroatoms. The summed E-state index contributed by atoms with van der Waals surface area (Å²) in [5.41, 5.74) is 2.31. The van der Waals surface area contributed by atoms with E-state index < -0.39 is 0 Å². The number of ether oxygens (including phenoxy) is 1. The molecule has 3 aromatic heterocycles. The molecule has 0 spiro atoms. The standard InChI is InChI=1S/C18H18N6OS/c1-18(2)8-12-13(10-25-18)26-16-14(12)15(20-17-21-22-23-24(16)17)19-9-11-6-4-3-5-7-11/h3-7H,8-10H2,1-2H3,(H,19,20,21,23). The van der Waals surface area contributed by atoms with Crippen molar-refractivity contribution in [3.05, 3.63) is 46.3 Å². The fourth-order valence-electron chi connectivity index (χ4n) is 3.38. The maximum atomic E-state index is 5.99. The van der Waals surface area contributed by atoms with Crippen LogP contribution in [-0.4, -0.2) is 30.6 Å². The molecule has 0 fully saturated rings. The molecule has 1 aliphatic rings. The Morgan fingerprint density at radius 1 is 1.27 bits per heavy atom. The van der Waals surface area contributed by atoms with Gasteiger partial charge in [0, 0.05) is 17.8 Å². The van der Waals surface area contributed by atoms with Crippen molar-refractivity contribution >= 4 is 33.1 Å². The molecule has 1 aromatic carbocycles. The molecule has 4 aromatic rings. The van der Waals surface area contributed by atoms with Crippen LogP contribution in [0.15, 0.2) is 30.3 Å². The number of hydrogen-bond acceptors (Lipinski definition) is 7. The molecule has 1 N–H and O–H groups in total. The summed E-state index contributed by atoms with van der Waals surface area (Å²) in [5.74, 6) is 1.34. The van der Waals surface area contributed by atoms with Gasteiger partial charge in [-0.15, -0.1) is 11.3 Å². The second kappa shape index (κ2) is 5.72. The van der Waals surface area contributed by atoms with Crippen molar-refractivity contribution in [2.45, 2.75) is 39.0 Å². The zero-order chi connectivity index (χ0) is 17.7. The van der Waals surface area contributed by atoms with E-state index in [-0.39, 0.29) is 5.60 Å². The van der Waals surface area contributed by atoms with Crippen molar-refractivity contribution in [2.24, 2.45) is 0 Å². The zero-order valence-corrected chi connectivity index (χ0v) is 15.4. The summed E-state index contributed by atoms with van der Waals surface area (Å²) in [6.07, 6.45) is 0.845. The Bertz CT molecular complexity index is 1100. The Balaban J connectivity index is 1.66. The number of fused-ring (bicyclic) bond motifs is 5. The van der Waals surface area contributed by atoms with Crippen molar-refractivity contribution in [1.82, 2.24) is 25.0 Å². The third-order valence-electron chi connectivity index (χ3n) is 4.67. The summed E-state index contributed by atoms with van der Waals surface area (Å²) >= 11 is 1.69. The predicted molar refractivity (Wildman–Crippen MR) is 100 cm³/mol. The largest absolute Gasteiger partial charge is 0.370 e. The third-order valence-corrected chi connectivity index (χ3v) is 5.85. The van der Waals surface area contributed by atoms with Gasteiger partial charge in [-0.2, -0.15) is 9.50 Å². The van der Waals surface area contributed by atoms with Gasteiger partial charge in [0.05, 0.1) is 17.6 Å².